The third-order valence-electron chi connectivity index (χ3n) is 7.31. The summed E-state index contributed by atoms with van der Waals surface area (Å²) in [7, 11) is 0. The van der Waals surface area contributed by atoms with Gasteiger partial charge in [-0.1, -0.05) is 35.5 Å². The summed E-state index contributed by atoms with van der Waals surface area (Å²) < 4.78 is 10.4. The second kappa shape index (κ2) is 12.1. The second-order valence-corrected chi connectivity index (χ2v) is 10.7. The fraction of sp³-hybridized carbons (Fsp3) is 0.464. The first kappa shape index (κ1) is 27.0. The lowest BCUT2D eigenvalue weighted by Crippen LogP contribution is -2.50. The molecule has 1 aromatic carbocycles. The number of hydrogen-bond donors (Lipinski definition) is 0. The molecule has 0 spiro atoms. The molecule has 0 aliphatic carbocycles. The van der Waals surface area contributed by atoms with Gasteiger partial charge in [-0.15, -0.1) is 11.3 Å². The Labute approximate surface area is 231 Å². The molecular formula is C28H33N5O5S. The van der Waals surface area contributed by atoms with E-state index in [4.69, 9.17) is 14.2 Å². The number of nitrogens with zero attached hydrogens (tertiary/aromatic N) is 5. The Morgan fingerprint density at radius 1 is 1.00 bits per heavy atom. The molecule has 0 radical (unpaired) electrons. The summed E-state index contributed by atoms with van der Waals surface area (Å²) in [4.78, 5) is 48.6. The zero-order chi connectivity index (χ0) is 27.4. The molecule has 2 aliphatic rings. The van der Waals surface area contributed by atoms with E-state index in [2.05, 4.69) is 5.16 Å². The van der Waals surface area contributed by atoms with Crippen LogP contribution in [0.1, 0.15) is 57.3 Å². The summed E-state index contributed by atoms with van der Waals surface area (Å²) >= 11 is 1.51. The number of aromatic nitrogens is 2. The highest BCUT2D eigenvalue weighted by atomic mass is 32.1. The zero-order valence-corrected chi connectivity index (χ0v) is 23.1. The fourth-order valence-corrected chi connectivity index (χ4v) is 6.10. The van der Waals surface area contributed by atoms with Crippen LogP contribution in [0.4, 0.5) is 0 Å². The van der Waals surface area contributed by atoms with Crippen LogP contribution in [0.2, 0.25) is 0 Å². The number of likely N-dealkylation sites (tertiary alicyclic amines) is 1. The molecule has 0 saturated carbocycles. The van der Waals surface area contributed by atoms with Crippen LogP contribution in [0.25, 0.3) is 11.3 Å². The van der Waals surface area contributed by atoms with Crippen LogP contribution < -0.4 is 0 Å². The first-order valence-corrected chi connectivity index (χ1v) is 14.3. The van der Waals surface area contributed by atoms with E-state index < -0.39 is 0 Å². The van der Waals surface area contributed by atoms with E-state index in [1.165, 1.54) is 11.3 Å². The average Bonchev–Trinajstić information content (AvgIpc) is 3.61. The molecule has 11 heteroatoms. The topological polar surface area (TPSA) is 109 Å². The molecule has 3 aromatic rings. The number of piperidine rings is 1. The highest BCUT2D eigenvalue weighted by Crippen LogP contribution is 2.33. The number of carbonyl (C=O) groups is 3. The zero-order valence-electron chi connectivity index (χ0n) is 22.3. The van der Waals surface area contributed by atoms with Gasteiger partial charge in [0.1, 0.15) is 22.7 Å². The van der Waals surface area contributed by atoms with E-state index in [9.17, 15) is 14.4 Å². The van der Waals surface area contributed by atoms with Crippen molar-refractivity contribution in [3.63, 3.8) is 0 Å². The van der Waals surface area contributed by atoms with Crippen molar-refractivity contribution in [2.75, 3.05) is 52.4 Å². The van der Waals surface area contributed by atoms with Crippen molar-refractivity contribution in [1.82, 2.24) is 24.8 Å². The summed E-state index contributed by atoms with van der Waals surface area (Å²) in [5.41, 5.74) is 2.42. The number of carbonyl (C=O) groups excluding carboxylic acids is 3. The van der Waals surface area contributed by atoms with E-state index in [1.54, 1.807) is 18.7 Å². The largest absolute Gasteiger partial charge is 0.465 e. The number of hydrogen-bond acceptors (Lipinski definition) is 9. The summed E-state index contributed by atoms with van der Waals surface area (Å²) in [5.74, 6) is 0.354. The van der Waals surface area contributed by atoms with Crippen molar-refractivity contribution in [1.29, 1.82) is 0 Å². The maximum absolute atomic E-state index is 13.4. The molecule has 39 heavy (non-hydrogen) atoms. The number of aryl methyl sites for hydroxylation is 1. The smallest absolute Gasteiger partial charge is 0.320 e. The van der Waals surface area contributed by atoms with Gasteiger partial charge in [0.25, 0.3) is 11.8 Å². The van der Waals surface area contributed by atoms with Crippen molar-refractivity contribution in [2.45, 2.75) is 32.6 Å². The molecule has 206 valence electrons. The van der Waals surface area contributed by atoms with Crippen LogP contribution in [-0.4, -0.2) is 95.0 Å². The molecule has 0 bridgehead atoms. The lowest BCUT2D eigenvalue weighted by molar-refractivity contribution is -0.144. The van der Waals surface area contributed by atoms with Crippen LogP contribution >= 0.6 is 11.3 Å². The minimum Gasteiger partial charge on any atom is -0.465 e. The highest BCUT2D eigenvalue weighted by Gasteiger charge is 2.31. The van der Waals surface area contributed by atoms with Crippen LogP contribution in [0.3, 0.4) is 0 Å². The van der Waals surface area contributed by atoms with Crippen LogP contribution in [0, 0.1) is 6.92 Å². The normalized spacial score (nSPS) is 16.9. The van der Waals surface area contributed by atoms with E-state index in [-0.39, 0.29) is 30.2 Å². The lowest BCUT2D eigenvalue weighted by atomic mass is 9.96. The second-order valence-electron chi connectivity index (χ2n) is 9.84. The van der Waals surface area contributed by atoms with Gasteiger partial charge in [-0.2, -0.15) is 0 Å². The number of thiazole rings is 1. The van der Waals surface area contributed by atoms with E-state index >= 15 is 0 Å². The minimum absolute atomic E-state index is 0.0665. The molecule has 2 saturated heterocycles. The molecule has 2 amide bonds. The van der Waals surface area contributed by atoms with E-state index in [1.807, 2.05) is 45.5 Å². The van der Waals surface area contributed by atoms with Crippen molar-refractivity contribution in [3.05, 3.63) is 57.7 Å². The third-order valence-corrected chi connectivity index (χ3v) is 8.32. The van der Waals surface area contributed by atoms with Crippen molar-refractivity contribution < 1.29 is 23.6 Å². The van der Waals surface area contributed by atoms with Gasteiger partial charge in [0.2, 0.25) is 0 Å². The molecular weight excluding hydrogens is 518 g/mol. The monoisotopic (exact) mass is 551 g/mol. The van der Waals surface area contributed by atoms with Crippen molar-refractivity contribution >= 4 is 29.1 Å². The first-order valence-electron chi connectivity index (χ1n) is 13.4. The van der Waals surface area contributed by atoms with Gasteiger partial charge >= 0.3 is 5.97 Å². The molecule has 5 rings (SSSR count). The Hall–Kier alpha value is -3.57. The Kier molecular flexibility index (Phi) is 8.37. The van der Waals surface area contributed by atoms with Crippen molar-refractivity contribution in [2.24, 2.45) is 0 Å². The average molecular weight is 552 g/mol. The lowest BCUT2D eigenvalue weighted by Gasteiger charge is -2.33. The Bertz CT molecular complexity index is 1310. The number of esters is 1. The first-order chi connectivity index (χ1) is 18.9. The predicted octanol–water partition coefficient (Wildman–Crippen LogP) is 3.45. The van der Waals surface area contributed by atoms with Gasteiger partial charge in [-0.3, -0.25) is 19.3 Å². The maximum Gasteiger partial charge on any atom is 0.320 e. The summed E-state index contributed by atoms with van der Waals surface area (Å²) in [5, 5.41) is 6.94. The summed E-state index contributed by atoms with van der Waals surface area (Å²) in [6.07, 6.45) is 1.56. The van der Waals surface area contributed by atoms with E-state index in [0.717, 1.165) is 23.4 Å². The SMILES string of the molecule is CCOC(=O)CN1CCN(C(=O)c2csc(C3CCN(C(=O)c4c(-c5ccccc5)noc4C)CC3)n2)CC1. The minimum atomic E-state index is -0.234. The van der Waals surface area contributed by atoms with Crippen molar-refractivity contribution in [3.8, 4) is 11.3 Å². The molecule has 0 atom stereocenters. The molecule has 0 unspecified atom stereocenters. The number of amides is 2. The number of piperazine rings is 1. The molecule has 2 aromatic heterocycles. The number of ether oxygens (including phenoxy) is 1. The number of benzene rings is 1. The molecule has 0 N–H and O–H groups in total. The Balaban J connectivity index is 1.15. The van der Waals surface area contributed by atoms with Gasteiger partial charge < -0.3 is 19.1 Å². The Morgan fingerprint density at radius 2 is 1.69 bits per heavy atom. The molecule has 2 aliphatic heterocycles. The van der Waals surface area contributed by atoms with Gasteiger partial charge in [-0.25, -0.2) is 4.98 Å². The van der Waals surface area contributed by atoms with Crippen LogP contribution in [0.15, 0.2) is 40.2 Å². The van der Waals surface area contributed by atoms with Gasteiger partial charge in [0, 0.05) is 56.1 Å². The Morgan fingerprint density at radius 3 is 2.38 bits per heavy atom. The molecule has 2 fully saturated rings. The summed E-state index contributed by atoms with van der Waals surface area (Å²) in [6.45, 7) is 7.77. The molecule has 10 nitrogen and oxygen atoms in total. The van der Waals surface area contributed by atoms with Crippen LogP contribution in [-0.2, 0) is 9.53 Å². The fourth-order valence-electron chi connectivity index (χ4n) is 5.14. The van der Waals surface area contributed by atoms with Gasteiger partial charge in [-0.05, 0) is 26.7 Å². The van der Waals surface area contributed by atoms with Gasteiger partial charge in [0.15, 0.2) is 0 Å². The van der Waals surface area contributed by atoms with Gasteiger partial charge in [0.05, 0.1) is 18.2 Å². The molecule has 4 heterocycles. The standard InChI is InChI=1S/C28H33N5O5S/c1-3-37-23(34)17-31-13-15-33(16-14-31)27(35)22-18-39-26(29-22)21-9-11-32(12-10-21)28(36)24-19(2)38-30-25(24)20-7-5-4-6-8-20/h4-8,18,21H,3,9-17H2,1-2H3. The maximum atomic E-state index is 13.4. The van der Waals surface area contributed by atoms with Crippen LogP contribution in [0.5, 0.6) is 0 Å². The summed E-state index contributed by atoms with van der Waals surface area (Å²) in [6, 6.07) is 9.60. The highest BCUT2D eigenvalue weighted by molar-refractivity contribution is 7.09. The number of rotatable bonds is 7. The quantitative estimate of drug-likeness (QED) is 0.411. The third kappa shape index (κ3) is 6.04. The van der Waals surface area contributed by atoms with E-state index in [0.29, 0.717) is 68.6 Å². The predicted molar refractivity (Wildman–Crippen MR) is 146 cm³/mol.